The number of halogens is 1. The summed E-state index contributed by atoms with van der Waals surface area (Å²) in [5.74, 6) is 0.548. The van der Waals surface area contributed by atoms with Crippen molar-refractivity contribution in [2.24, 2.45) is 10.9 Å². The van der Waals surface area contributed by atoms with Gasteiger partial charge in [-0.05, 0) is 25.1 Å². The molecular formula is C12H11ClN4O2. The van der Waals surface area contributed by atoms with Crippen LogP contribution in [0.2, 0.25) is 5.02 Å². The Labute approximate surface area is 114 Å². The Kier molecular flexibility index (Phi) is 3.82. The van der Waals surface area contributed by atoms with E-state index in [1.54, 1.807) is 18.3 Å². The molecule has 2 aromatic rings. The average Bonchev–Trinajstić information content (AvgIpc) is 2.43. The first-order valence-electron chi connectivity index (χ1n) is 5.34. The molecule has 0 radical (unpaired) electrons. The summed E-state index contributed by atoms with van der Waals surface area (Å²) in [6, 6.07) is 5.07. The Hall–Kier alpha value is -2.34. The zero-order chi connectivity index (χ0) is 13.8. The molecule has 0 saturated heterocycles. The van der Waals surface area contributed by atoms with Gasteiger partial charge in [0.15, 0.2) is 5.84 Å². The lowest BCUT2D eigenvalue weighted by atomic mass is 10.2. The molecule has 0 atom stereocenters. The zero-order valence-electron chi connectivity index (χ0n) is 10.0. The first kappa shape index (κ1) is 13.1. The van der Waals surface area contributed by atoms with Crippen molar-refractivity contribution in [1.82, 2.24) is 9.97 Å². The summed E-state index contributed by atoms with van der Waals surface area (Å²) in [5, 5.41) is 11.7. The summed E-state index contributed by atoms with van der Waals surface area (Å²) in [5.41, 5.74) is 6.71. The summed E-state index contributed by atoms with van der Waals surface area (Å²) >= 11 is 6.08. The molecule has 0 aliphatic rings. The number of amidine groups is 1. The number of aromatic nitrogens is 2. The number of pyridine rings is 2. The van der Waals surface area contributed by atoms with E-state index in [-0.39, 0.29) is 16.7 Å². The van der Waals surface area contributed by atoms with Crippen LogP contribution in [-0.4, -0.2) is 21.0 Å². The molecule has 0 saturated carbocycles. The molecule has 0 amide bonds. The predicted molar refractivity (Wildman–Crippen MR) is 70.8 cm³/mol. The lowest BCUT2D eigenvalue weighted by Crippen LogP contribution is -2.14. The van der Waals surface area contributed by atoms with Crippen LogP contribution in [0.15, 0.2) is 35.7 Å². The minimum Gasteiger partial charge on any atom is -0.436 e. The molecule has 0 aliphatic carbocycles. The van der Waals surface area contributed by atoms with Gasteiger partial charge in [-0.1, -0.05) is 16.8 Å². The third-order valence-electron chi connectivity index (χ3n) is 2.34. The van der Waals surface area contributed by atoms with Gasteiger partial charge in [0.1, 0.15) is 10.8 Å². The van der Waals surface area contributed by atoms with Gasteiger partial charge < -0.3 is 15.7 Å². The van der Waals surface area contributed by atoms with E-state index in [1.165, 1.54) is 12.3 Å². The van der Waals surface area contributed by atoms with Gasteiger partial charge in [-0.15, -0.1) is 0 Å². The second-order valence-electron chi connectivity index (χ2n) is 3.70. The third kappa shape index (κ3) is 2.92. The van der Waals surface area contributed by atoms with Gasteiger partial charge in [-0.25, -0.2) is 4.98 Å². The molecule has 2 aromatic heterocycles. The standard InChI is InChI=1S/C12H11ClN4O2/c1-7-2-3-8(6-16-7)19-12-10(13)9(4-5-15-12)11(14)17-18/h2-6,18H,1H3,(H2,14,17). The van der Waals surface area contributed by atoms with Gasteiger partial charge >= 0.3 is 0 Å². The largest absolute Gasteiger partial charge is 0.436 e. The van der Waals surface area contributed by atoms with Crippen LogP contribution < -0.4 is 10.5 Å². The fourth-order valence-electron chi connectivity index (χ4n) is 1.37. The molecule has 0 aromatic carbocycles. The number of ether oxygens (including phenoxy) is 1. The van der Waals surface area contributed by atoms with Crippen molar-refractivity contribution >= 4 is 17.4 Å². The number of nitrogens with two attached hydrogens (primary N) is 1. The third-order valence-corrected chi connectivity index (χ3v) is 2.70. The van der Waals surface area contributed by atoms with E-state index in [4.69, 9.17) is 27.3 Å². The lowest BCUT2D eigenvalue weighted by molar-refractivity contribution is 0.318. The Morgan fingerprint density at radius 3 is 2.79 bits per heavy atom. The molecule has 6 nitrogen and oxygen atoms in total. The average molecular weight is 279 g/mol. The topological polar surface area (TPSA) is 93.6 Å². The van der Waals surface area contributed by atoms with E-state index in [0.717, 1.165) is 5.69 Å². The van der Waals surface area contributed by atoms with Crippen LogP contribution in [0.25, 0.3) is 0 Å². The van der Waals surface area contributed by atoms with Gasteiger partial charge in [0.05, 0.1) is 6.20 Å². The molecule has 2 rings (SSSR count). The van der Waals surface area contributed by atoms with E-state index in [0.29, 0.717) is 11.3 Å². The second kappa shape index (κ2) is 5.53. The highest BCUT2D eigenvalue weighted by Gasteiger charge is 2.13. The monoisotopic (exact) mass is 278 g/mol. The second-order valence-corrected chi connectivity index (χ2v) is 4.08. The Bertz CT molecular complexity index is 614. The van der Waals surface area contributed by atoms with E-state index in [1.807, 2.05) is 6.92 Å². The Balaban J connectivity index is 2.33. The number of oxime groups is 1. The van der Waals surface area contributed by atoms with Crippen molar-refractivity contribution in [1.29, 1.82) is 0 Å². The predicted octanol–water partition coefficient (Wildman–Crippen LogP) is 2.33. The van der Waals surface area contributed by atoms with E-state index in [9.17, 15) is 0 Å². The SMILES string of the molecule is Cc1ccc(Oc2nccc(/C(N)=N/O)c2Cl)cn1. The number of nitrogens with zero attached hydrogens (tertiary/aromatic N) is 3. The highest BCUT2D eigenvalue weighted by atomic mass is 35.5. The molecule has 0 bridgehead atoms. The highest BCUT2D eigenvalue weighted by Crippen LogP contribution is 2.29. The minimum absolute atomic E-state index is 0.112. The fraction of sp³-hybridized carbons (Fsp3) is 0.0833. The van der Waals surface area contributed by atoms with Crippen molar-refractivity contribution in [3.63, 3.8) is 0 Å². The van der Waals surface area contributed by atoms with Gasteiger partial charge in [0, 0.05) is 17.5 Å². The summed E-state index contributed by atoms with van der Waals surface area (Å²) in [6.07, 6.45) is 3.01. The van der Waals surface area contributed by atoms with Crippen LogP contribution in [-0.2, 0) is 0 Å². The van der Waals surface area contributed by atoms with Crippen molar-refractivity contribution in [3.8, 4) is 11.6 Å². The maximum absolute atomic E-state index is 8.66. The molecule has 7 heteroatoms. The number of hydrogen-bond acceptors (Lipinski definition) is 5. The van der Waals surface area contributed by atoms with Crippen molar-refractivity contribution in [2.75, 3.05) is 0 Å². The number of hydrogen-bond donors (Lipinski definition) is 2. The molecule has 0 unspecified atom stereocenters. The van der Waals surface area contributed by atoms with Crippen LogP contribution in [0.5, 0.6) is 11.6 Å². The van der Waals surface area contributed by atoms with Gasteiger partial charge in [-0.3, -0.25) is 4.98 Å². The smallest absolute Gasteiger partial charge is 0.238 e. The molecule has 0 fully saturated rings. The summed E-state index contributed by atoms with van der Waals surface area (Å²) in [7, 11) is 0. The normalized spacial score (nSPS) is 11.4. The fourth-order valence-corrected chi connectivity index (χ4v) is 1.62. The zero-order valence-corrected chi connectivity index (χ0v) is 10.8. The van der Waals surface area contributed by atoms with Gasteiger partial charge in [0.2, 0.25) is 5.88 Å². The minimum atomic E-state index is -0.112. The van der Waals surface area contributed by atoms with Gasteiger partial charge in [-0.2, -0.15) is 0 Å². The molecule has 19 heavy (non-hydrogen) atoms. The molecular weight excluding hydrogens is 268 g/mol. The summed E-state index contributed by atoms with van der Waals surface area (Å²) in [6.45, 7) is 1.87. The molecule has 2 heterocycles. The van der Waals surface area contributed by atoms with Gasteiger partial charge in [0.25, 0.3) is 0 Å². The first-order valence-corrected chi connectivity index (χ1v) is 5.72. The van der Waals surface area contributed by atoms with E-state index in [2.05, 4.69) is 15.1 Å². The molecule has 0 spiro atoms. The molecule has 0 aliphatic heterocycles. The molecule has 98 valence electrons. The highest BCUT2D eigenvalue weighted by molar-refractivity contribution is 6.35. The van der Waals surface area contributed by atoms with Crippen LogP contribution in [0.1, 0.15) is 11.3 Å². The first-order chi connectivity index (χ1) is 9.11. The van der Waals surface area contributed by atoms with Crippen LogP contribution in [0.4, 0.5) is 0 Å². The van der Waals surface area contributed by atoms with Crippen molar-refractivity contribution < 1.29 is 9.94 Å². The summed E-state index contributed by atoms with van der Waals surface area (Å²) in [4.78, 5) is 8.09. The van der Waals surface area contributed by atoms with Crippen LogP contribution in [0, 0.1) is 6.92 Å². The quantitative estimate of drug-likeness (QED) is 0.389. The Morgan fingerprint density at radius 1 is 1.37 bits per heavy atom. The van der Waals surface area contributed by atoms with E-state index < -0.39 is 0 Å². The van der Waals surface area contributed by atoms with Crippen LogP contribution >= 0.6 is 11.6 Å². The van der Waals surface area contributed by atoms with Crippen molar-refractivity contribution in [2.45, 2.75) is 6.92 Å². The summed E-state index contributed by atoms with van der Waals surface area (Å²) < 4.78 is 5.50. The number of rotatable bonds is 3. The maximum atomic E-state index is 8.66. The Morgan fingerprint density at radius 2 is 2.16 bits per heavy atom. The van der Waals surface area contributed by atoms with E-state index >= 15 is 0 Å². The molecule has 3 N–H and O–H groups in total. The maximum Gasteiger partial charge on any atom is 0.238 e. The van der Waals surface area contributed by atoms with Crippen LogP contribution in [0.3, 0.4) is 0 Å². The van der Waals surface area contributed by atoms with Crippen molar-refractivity contribution in [3.05, 3.63) is 46.9 Å². The number of aryl methyl sites for hydroxylation is 1. The lowest BCUT2D eigenvalue weighted by Gasteiger charge is -2.08.